The highest BCUT2D eigenvalue weighted by Gasteiger charge is 2.38. The smallest absolute Gasteiger partial charge is 0.245 e. The largest absolute Gasteiger partial charge is 0.435 e. The first kappa shape index (κ1) is 36.1. The second kappa shape index (κ2) is 15.5. The number of aromatic nitrogens is 5. The lowest BCUT2D eigenvalue weighted by atomic mass is 10.0. The van der Waals surface area contributed by atoms with E-state index in [4.69, 9.17) is 14.4 Å². The van der Waals surface area contributed by atoms with Gasteiger partial charge in [-0.2, -0.15) is 0 Å². The molecular weight excluding hydrogens is 691 g/mol. The molecule has 0 bridgehead atoms. The average molecular weight is 738 g/mol. The van der Waals surface area contributed by atoms with Crippen LogP contribution in [0, 0.1) is 0 Å². The minimum absolute atomic E-state index is 0.0643. The number of aromatic amines is 2. The molecule has 2 amide bonds. The van der Waals surface area contributed by atoms with Crippen molar-refractivity contribution in [1.29, 1.82) is 0 Å². The summed E-state index contributed by atoms with van der Waals surface area (Å²) in [7, 11) is 7.78. The van der Waals surface area contributed by atoms with Gasteiger partial charge in [0.15, 0.2) is 5.76 Å². The number of oxazole rings is 1. The molecule has 282 valence electrons. The van der Waals surface area contributed by atoms with Gasteiger partial charge >= 0.3 is 0 Å². The molecule has 55 heavy (non-hydrogen) atoms. The van der Waals surface area contributed by atoms with Gasteiger partial charge in [0.2, 0.25) is 17.7 Å². The monoisotopic (exact) mass is 737 g/mol. The molecule has 0 unspecified atom stereocenters. The van der Waals surface area contributed by atoms with Crippen LogP contribution >= 0.6 is 0 Å². The number of hydrogen-bond acceptors (Lipinski definition) is 8. The van der Waals surface area contributed by atoms with Gasteiger partial charge in [-0.25, -0.2) is 15.0 Å². The molecule has 4 atom stereocenters. The molecule has 6 aromatic rings. The average Bonchev–Trinajstić information content (AvgIpc) is 4.04. The molecular formula is C43H47N9O3. The zero-order valence-electron chi connectivity index (χ0n) is 31.7. The van der Waals surface area contributed by atoms with Crippen LogP contribution in [0.25, 0.3) is 34.2 Å². The maximum atomic E-state index is 14.0. The minimum atomic E-state index is -0.378. The zero-order chi connectivity index (χ0) is 38.1. The van der Waals surface area contributed by atoms with Crippen molar-refractivity contribution in [2.45, 2.75) is 49.9 Å². The van der Waals surface area contributed by atoms with Crippen molar-refractivity contribution in [1.82, 2.24) is 44.5 Å². The van der Waals surface area contributed by atoms with E-state index in [1.54, 1.807) is 12.4 Å². The summed E-state index contributed by atoms with van der Waals surface area (Å²) in [6.07, 6.45) is 8.79. The maximum Gasteiger partial charge on any atom is 0.245 e. The third-order valence-corrected chi connectivity index (χ3v) is 10.8. The van der Waals surface area contributed by atoms with Gasteiger partial charge < -0.3 is 24.2 Å². The fraction of sp³-hybridized carbons (Fsp3) is 0.326. The van der Waals surface area contributed by atoms with Crippen LogP contribution in [0.2, 0.25) is 0 Å². The van der Waals surface area contributed by atoms with Crippen molar-refractivity contribution in [2.75, 3.05) is 41.3 Å². The van der Waals surface area contributed by atoms with Gasteiger partial charge in [0.05, 0.1) is 36.4 Å². The van der Waals surface area contributed by atoms with Gasteiger partial charge in [-0.05, 0) is 71.1 Å². The number of carbonyl (C=O) groups is 2. The second-order valence-corrected chi connectivity index (χ2v) is 14.9. The van der Waals surface area contributed by atoms with Gasteiger partial charge in [-0.1, -0.05) is 78.9 Å². The van der Waals surface area contributed by atoms with Crippen LogP contribution in [0.5, 0.6) is 0 Å². The molecule has 2 N–H and O–H groups in total. The highest BCUT2D eigenvalue weighted by Crippen LogP contribution is 2.37. The van der Waals surface area contributed by atoms with Crippen molar-refractivity contribution in [3.8, 4) is 34.2 Å². The SMILES string of the molecule is CN(C)[C@@H](C(=O)N1CCC[C@@H]1c1ncc(-c2cccc(-c3cnc(-c4cnc([C@H]5CCCN5C(=O)[C@@H](c5ccccc5)N(C)C)[nH]4)o3)c2)[nH]1)c1ccccc1. The molecule has 12 heteroatoms. The number of likely N-dealkylation sites (N-methyl/N-ethyl adjacent to an activating group) is 2. The Morgan fingerprint density at radius 2 is 1.16 bits per heavy atom. The third-order valence-electron chi connectivity index (χ3n) is 10.8. The Morgan fingerprint density at radius 3 is 1.71 bits per heavy atom. The molecule has 2 aliphatic rings. The highest BCUT2D eigenvalue weighted by molar-refractivity contribution is 5.84. The summed E-state index contributed by atoms with van der Waals surface area (Å²) in [5.41, 5.74) is 5.28. The van der Waals surface area contributed by atoms with Crippen LogP contribution in [-0.2, 0) is 9.59 Å². The number of hydrogen-bond donors (Lipinski definition) is 2. The normalized spacial score (nSPS) is 18.4. The molecule has 0 radical (unpaired) electrons. The van der Waals surface area contributed by atoms with Gasteiger partial charge in [0, 0.05) is 24.2 Å². The number of amides is 2. The maximum absolute atomic E-state index is 14.0. The lowest BCUT2D eigenvalue weighted by molar-refractivity contribution is -0.138. The first-order chi connectivity index (χ1) is 26.8. The number of nitrogens with zero attached hydrogens (tertiary/aromatic N) is 7. The van der Waals surface area contributed by atoms with E-state index in [0.717, 1.165) is 65.3 Å². The molecule has 0 aliphatic carbocycles. The van der Waals surface area contributed by atoms with E-state index >= 15 is 0 Å². The van der Waals surface area contributed by atoms with E-state index in [9.17, 15) is 9.59 Å². The van der Waals surface area contributed by atoms with E-state index in [2.05, 4.69) is 15.0 Å². The molecule has 3 aromatic heterocycles. The summed E-state index contributed by atoms with van der Waals surface area (Å²) in [5, 5.41) is 0. The summed E-state index contributed by atoms with van der Waals surface area (Å²) in [6.45, 7) is 1.37. The molecule has 0 spiro atoms. The third kappa shape index (κ3) is 7.22. The summed E-state index contributed by atoms with van der Waals surface area (Å²) >= 11 is 0. The lowest BCUT2D eigenvalue weighted by Crippen LogP contribution is -2.40. The van der Waals surface area contributed by atoms with Crippen molar-refractivity contribution in [2.24, 2.45) is 0 Å². The minimum Gasteiger partial charge on any atom is -0.435 e. The Morgan fingerprint density at radius 1 is 0.655 bits per heavy atom. The second-order valence-electron chi connectivity index (χ2n) is 14.9. The van der Waals surface area contributed by atoms with Gasteiger partial charge in [-0.3, -0.25) is 19.4 Å². The van der Waals surface area contributed by atoms with Crippen LogP contribution in [0.3, 0.4) is 0 Å². The molecule has 0 saturated carbocycles. The van der Waals surface area contributed by atoms with Crippen molar-refractivity contribution in [3.05, 3.63) is 126 Å². The quantitative estimate of drug-likeness (QED) is 0.145. The Hall–Kier alpha value is -5.85. The summed E-state index contributed by atoms with van der Waals surface area (Å²) < 4.78 is 6.29. The van der Waals surface area contributed by atoms with E-state index in [0.29, 0.717) is 30.4 Å². The standard InChI is InChI=1S/C43H47N9O3/c1-49(2)37(28-14-7-5-8-15-28)42(53)51-22-12-20-34(51)39-44-25-32(47-39)30-18-11-19-31(24-30)36-27-46-41(55-36)33-26-45-40(48-33)35-21-13-23-52(35)43(54)38(50(3)4)29-16-9-6-10-17-29/h5-11,14-19,24-27,34-35,37-38H,12-13,20-23H2,1-4H3,(H,44,47)(H,45,48)/t34-,35-,37-,38-/m1/s1. The summed E-state index contributed by atoms with van der Waals surface area (Å²) in [4.78, 5) is 56.8. The first-order valence-electron chi connectivity index (χ1n) is 19.0. The molecule has 5 heterocycles. The fourth-order valence-corrected chi connectivity index (χ4v) is 8.18. The Labute approximate surface area is 321 Å². The molecule has 2 fully saturated rings. The van der Waals surface area contributed by atoms with Crippen LogP contribution in [0.1, 0.15) is 72.6 Å². The van der Waals surface area contributed by atoms with Crippen LogP contribution in [-0.4, -0.2) is 97.6 Å². The predicted molar refractivity (Wildman–Crippen MR) is 210 cm³/mol. The molecule has 8 rings (SSSR count). The number of H-pyrrole nitrogens is 2. The predicted octanol–water partition coefficient (Wildman–Crippen LogP) is 7.05. The Balaban J connectivity index is 0.973. The van der Waals surface area contributed by atoms with Crippen LogP contribution in [0.15, 0.2) is 108 Å². The summed E-state index contributed by atoms with van der Waals surface area (Å²) in [5.74, 6) is 2.70. The number of nitrogens with one attached hydrogen (secondary N) is 2. The van der Waals surface area contributed by atoms with Gasteiger partial charge in [0.1, 0.15) is 29.4 Å². The van der Waals surface area contributed by atoms with Crippen molar-refractivity contribution >= 4 is 11.8 Å². The number of likely N-dealkylation sites (tertiary alicyclic amines) is 2. The topological polar surface area (TPSA) is 130 Å². The van der Waals surface area contributed by atoms with Gasteiger partial charge in [-0.15, -0.1) is 0 Å². The first-order valence-corrected chi connectivity index (χ1v) is 19.0. The molecule has 2 aliphatic heterocycles. The number of rotatable bonds is 11. The van der Waals surface area contributed by atoms with Crippen LogP contribution < -0.4 is 0 Å². The lowest BCUT2D eigenvalue weighted by Gasteiger charge is -2.31. The van der Waals surface area contributed by atoms with Gasteiger partial charge in [0.25, 0.3) is 0 Å². The van der Waals surface area contributed by atoms with Crippen molar-refractivity contribution < 1.29 is 14.0 Å². The van der Waals surface area contributed by atoms with E-state index in [-0.39, 0.29) is 36.0 Å². The molecule has 12 nitrogen and oxygen atoms in total. The number of imidazole rings is 2. The van der Waals surface area contributed by atoms with E-state index in [1.807, 2.05) is 139 Å². The van der Waals surface area contributed by atoms with Crippen molar-refractivity contribution in [3.63, 3.8) is 0 Å². The Bertz CT molecular complexity index is 2240. The fourth-order valence-electron chi connectivity index (χ4n) is 8.18. The summed E-state index contributed by atoms with van der Waals surface area (Å²) in [6, 6.07) is 26.9. The molecule has 2 saturated heterocycles. The Kier molecular flexibility index (Phi) is 10.2. The number of benzene rings is 3. The highest BCUT2D eigenvalue weighted by atomic mass is 16.4. The van der Waals surface area contributed by atoms with E-state index in [1.165, 1.54) is 0 Å². The number of carbonyl (C=O) groups excluding carboxylic acids is 2. The van der Waals surface area contributed by atoms with Crippen LogP contribution in [0.4, 0.5) is 0 Å². The van der Waals surface area contributed by atoms with E-state index < -0.39 is 0 Å². The molecule has 3 aromatic carbocycles. The zero-order valence-corrected chi connectivity index (χ0v) is 31.7.